The second-order valence-corrected chi connectivity index (χ2v) is 10.5. The van der Waals surface area contributed by atoms with E-state index in [-0.39, 0.29) is 12.5 Å². The second kappa shape index (κ2) is 10.7. The lowest BCUT2D eigenvalue weighted by molar-refractivity contribution is 0.0947. The van der Waals surface area contributed by atoms with E-state index >= 15 is 0 Å². The number of anilines is 1. The summed E-state index contributed by atoms with van der Waals surface area (Å²) in [7, 11) is -3.49. The first-order chi connectivity index (χ1) is 16.1. The molecule has 0 fully saturated rings. The molecule has 0 bridgehead atoms. The van der Waals surface area contributed by atoms with E-state index in [4.69, 9.17) is 4.74 Å². The molecule has 34 heavy (non-hydrogen) atoms. The highest BCUT2D eigenvalue weighted by Crippen LogP contribution is 2.27. The fourth-order valence-corrected chi connectivity index (χ4v) is 4.64. The van der Waals surface area contributed by atoms with Crippen molar-refractivity contribution in [2.45, 2.75) is 34.2 Å². The number of sulfonamides is 1. The molecule has 0 radical (unpaired) electrons. The Morgan fingerprint density at radius 1 is 0.941 bits per heavy atom. The largest absolute Gasteiger partial charge is 0.491 e. The molecule has 0 saturated carbocycles. The van der Waals surface area contributed by atoms with Gasteiger partial charge in [0.1, 0.15) is 12.4 Å². The van der Waals surface area contributed by atoms with Crippen molar-refractivity contribution in [3.8, 4) is 5.75 Å². The molecule has 0 spiro atoms. The van der Waals surface area contributed by atoms with Gasteiger partial charge >= 0.3 is 0 Å². The molecule has 0 unspecified atom stereocenters. The minimum Gasteiger partial charge on any atom is -0.491 e. The summed E-state index contributed by atoms with van der Waals surface area (Å²) in [6.45, 7) is 8.84. The Hall–Kier alpha value is -3.32. The first kappa shape index (κ1) is 25.3. The van der Waals surface area contributed by atoms with Gasteiger partial charge in [0, 0.05) is 5.56 Å². The number of rotatable bonds is 9. The Balaban J connectivity index is 1.61. The van der Waals surface area contributed by atoms with Crippen LogP contribution in [0, 0.1) is 27.7 Å². The van der Waals surface area contributed by atoms with Gasteiger partial charge in [-0.3, -0.25) is 9.10 Å². The Kier molecular flexibility index (Phi) is 7.99. The highest BCUT2D eigenvalue weighted by molar-refractivity contribution is 7.92. The summed E-state index contributed by atoms with van der Waals surface area (Å²) in [6.07, 6.45) is 1.21. The fraction of sp³-hybridized carbons (Fsp3) is 0.296. The Labute approximate surface area is 202 Å². The number of hydrogen-bond donors (Lipinski definition) is 1. The van der Waals surface area contributed by atoms with Crippen LogP contribution in [0.1, 0.15) is 38.2 Å². The van der Waals surface area contributed by atoms with Gasteiger partial charge < -0.3 is 10.1 Å². The maximum Gasteiger partial charge on any atom is 0.251 e. The molecule has 3 aromatic carbocycles. The van der Waals surface area contributed by atoms with Crippen LogP contribution in [0.2, 0.25) is 0 Å². The molecule has 1 amide bonds. The first-order valence-electron chi connectivity index (χ1n) is 11.2. The molecular weight excluding hydrogens is 448 g/mol. The van der Waals surface area contributed by atoms with E-state index < -0.39 is 10.0 Å². The SMILES string of the molecule is Cc1ccc(OCCNC(=O)c2ccc(CN(c3cccc(C)c3C)S(C)(=O)=O)cc2)c(C)c1. The van der Waals surface area contributed by atoms with Crippen LogP contribution in [-0.4, -0.2) is 33.7 Å². The lowest BCUT2D eigenvalue weighted by Gasteiger charge is -2.25. The van der Waals surface area contributed by atoms with Gasteiger partial charge in [-0.15, -0.1) is 0 Å². The fourth-order valence-electron chi connectivity index (χ4n) is 3.70. The number of amides is 1. The van der Waals surface area contributed by atoms with Gasteiger partial charge in [0.25, 0.3) is 5.91 Å². The number of ether oxygens (including phenoxy) is 1. The van der Waals surface area contributed by atoms with Crippen LogP contribution >= 0.6 is 0 Å². The molecule has 0 aliphatic heterocycles. The van der Waals surface area contributed by atoms with Gasteiger partial charge in [-0.25, -0.2) is 8.42 Å². The van der Waals surface area contributed by atoms with Crippen molar-refractivity contribution in [1.82, 2.24) is 5.32 Å². The number of carbonyl (C=O) groups is 1. The van der Waals surface area contributed by atoms with E-state index in [1.165, 1.54) is 16.1 Å². The van der Waals surface area contributed by atoms with Crippen LogP contribution in [0.4, 0.5) is 5.69 Å². The zero-order valence-corrected chi connectivity index (χ0v) is 21.2. The maximum atomic E-state index is 12.5. The van der Waals surface area contributed by atoms with Crippen LogP contribution < -0.4 is 14.4 Å². The molecule has 6 nitrogen and oxygen atoms in total. The summed E-state index contributed by atoms with van der Waals surface area (Å²) in [6, 6.07) is 18.6. The summed E-state index contributed by atoms with van der Waals surface area (Å²) in [5.74, 6) is 0.605. The van der Waals surface area contributed by atoms with Crippen LogP contribution in [0.3, 0.4) is 0 Å². The van der Waals surface area contributed by atoms with E-state index in [1.807, 2.05) is 58.0 Å². The molecule has 0 saturated heterocycles. The normalized spacial score (nSPS) is 11.2. The summed E-state index contributed by atoms with van der Waals surface area (Å²) < 4.78 is 32.2. The number of aryl methyl sites for hydroxylation is 3. The zero-order valence-electron chi connectivity index (χ0n) is 20.4. The monoisotopic (exact) mass is 480 g/mol. The van der Waals surface area contributed by atoms with Crippen molar-refractivity contribution in [1.29, 1.82) is 0 Å². The smallest absolute Gasteiger partial charge is 0.251 e. The third-order valence-electron chi connectivity index (χ3n) is 5.76. The molecule has 180 valence electrons. The molecular formula is C27H32N2O4S. The van der Waals surface area contributed by atoms with Crippen LogP contribution in [-0.2, 0) is 16.6 Å². The Bertz CT molecular complexity index is 1270. The maximum absolute atomic E-state index is 12.5. The van der Waals surface area contributed by atoms with Crippen molar-refractivity contribution in [2.75, 3.05) is 23.7 Å². The number of hydrogen-bond acceptors (Lipinski definition) is 4. The average Bonchev–Trinajstić information content (AvgIpc) is 2.78. The zero-order chi connectivity index (χ0) is 24.9. The van der Waals surface area contributed by atoms with Crippen molar-refractivity contribution >= 4 is 21.6 Å². The summed E-state index contributed by atoms with van der Waals surface area (Å²) in [4.78, 5) is 12.5. The van der Waals surface area contributed by atoms with Crippen LogP contribution in [0.15, 0.2) is 60.7 Å². The lowest BCUT2D eigenvalue weighted by atomic mass is 10.1. The molecule has 0 aliphatic carbocycles. The van der Waals surface area contributed by atoms with E-state index in [0.29, 0.717) is 24.4 Å². The lowest BCUT2D eigenvalue weighted by Crippen LogP contribution is -2.30. The molecule has 0 aromatic heterocycles. The van der Waals surface area contributed by atoms with Crippen molar-refractivity contribution in [3.63, 3.8) is 0 Å². The van der Waals surface area contributed by atoms with E-state index in [0.717, 1.165) is 28.0 Å². The van der Waals surface area contributed by atoms with Gasteiger partial charge in [0.2, 0.25) is 10.0 Å². The minimum atomic E-state index is -3.49. The predicted molar refractivity (Wildman–Crippen MR) is 137 cm³/mol. The van der Waals surface area contributed by atoms with Crippen molar-refractivity contribution < 1.29 is 17.9 Å². The van der Waals surface area contributed by atoms with E-state index in [2.05, 4.69) is 11.4 Å². The quantitative estimate of drug-likeness (QED) is 0.451. The van der Waals surface area contributed by atoms with Crippen LogP contribution in [0.25, 0.3) is 0 Å². The first-order valence-corrected chi connectivity index (χ1v) is 13.0. The number of nitrogens with one attached hydrogen (secondary N) is 1. The predicted octanol–water partition coefficient (Wildman–Crippen LogP) is 4.70. The van der Waals surface area contributed by atoms with Gasteiger partial charge in [0.05, 0.1) is 25.0 Å². The topological polar surface area (TPSA) is 75.7 Å². The average molecular weight is 481 g/mol. The molecule has 0 heterocycles. The Morgan fingerprint density at radius 2 is 1.65 bits per heavy atom. The molecule has 0 aliphatic rings. The second-order valence-electron chi connectivity index (χ2n) is 8.56. The Morgan fingerprint density at radius 3 is 2.29 bits per heavy atom. The van der Waals surface area contributed by atoms with Gasteiger partial charge in [-0.1, -0.05) is 42.0 Å². The number of nitrogens with zero attached hydrogens (tertiary/aromatic N) is 1. The molecule has 3 rings (SSSR count). The third kappa shape index (κ3) is 6.38. The van der Waals surface area contributed by atoms with Crippen molar-refractivity contribution in [3.05, 3.63) is 94.0 Å². The van der Waals surface area contributed by atoms with Gasteiger partial charge in [-0.2, -0.15) is 0 Å². The highest BCUT2D eigenvalue weighted by Gasteiger charge is 2.20. The molecule has 1 N–H and O–H groups in total. The number of carbonyl (C=O) groups excluding carboxylic acids is 1. The van der Waals surface area contributed by atoms with Crippen molar-refractivity contribution in [2.24, 2.45) is 0 Å². The van der Waals surface area contributed by atoms with Crippen LogP contribution in [0.5, 0.6) is 5.75 Å². The van der Waals surface area contributed by atoms with Gasteiger partial charge in [0.15, 0.2) is 0 Å². The standard InChI is InChI=1S/C27H32N2O4S/c1-19-9-14-26(21(3)17-19)33-16-15-28-27(30)24-12-10-23(11-13-24)18-29(34(5,31)32)25-8-6-7-20(2)22(25)4/h6-14,17H,15-16,18H2,1-5H3,(H,28,30). The molecule has 0 atom stereocenters. The molecule has 7 heteroatoms. The summed E-state index contributed by atoms with van der Waals surface area (Å²) in [5, 5.41) is 2.85. The number of benzene rings is 3. The highest BCUT2D eigenvalue weighted by atomic mass is 32.2. The summed E-state index contributed by atoms with van der Waals surface area (Å²) in [5.41, 5.74) is 6.15. The summed E-state index contributed by atoms with van der Waals surface area (Å²) >= 11 is 0. The van der Waals surface area contributed by atoms with E-state index in [1.54, 1.807) is 24.3 Å². The van der Waals surface area contributed by atoms with E-state index in [9.17, 15) is 13.2 Å². The minimum absolute atomic E-state index is 0.189. The third-order valence-corrected chi connectivity index (χ3v) is 6.89. The van der Waals surface area contributed by atoms with Gasteiger partial charge in [-0.05, 0) is 74.2 Å². The molecule has 3 aromatic rings.